The largest absolute Gasteiger partial charge is 0.381 e. The van der Waals surface area contributed by atoms with Crippen LogP contribution in [0.5, 0.6) is 0 Å². The Balaban J connectivity index is 2.01. The highest BCUT2D eigenvalue weighted by molar-refractivity contribution is 7.14. The summed E-state index contributed by atoms with van der Waals surface area (Å²) in [5, 5.41) is 3.05. The van der Waals surface area contributed by atoms with Gasteiger partial charge in [0.2, 0.25) is 0 Å². The standard InChI is InChI=1S/C15H20N2O2S/c1-10-8-14(20-13(10)4-3-6-16)15(18)17-11(2)12-5-7-19-9-12/h8,11-12H,5-7,9,16H2,1-2H3,(H,17,18). The fourth-order valence-electron chi connectivity index (χ4n) is 2.19. The Morgan fingerprint density at radius 2 is 2.50 bits per heavy atom. The Bertz CT molecular complexity index is 536. The number of aryl methyl sites for hydroxylation is 1. The molecule has 20 heavy (non-hydrogen) atoms. The lowest BCUT2D eigenvalue weighted by Crippen LogP contribution is -2.38. The summed E-state index contributed by atoms with van der Waals surface area (Å²) in [6, 6.07) is 2.02. The zero-order valence-corrected chi connectivity index (χ0v) is 12.7. The van der Waals surface area contributed by atoms with Crippen molar-refractivity contribution >= 4 is 17.2 Å². The third-order valence-electron chi connectivity index (χ3n) is 3.48. The number of hydrogen-bond acceptors (Lipinski definition) is 4. The molecule has 5 heteroatoms. The van der Waals surface area contributed by atoms with Crippen molar-refractivity contribution in [2.24, 2.45) is 11.7 Å². The van der Waals surface area contributed by atoms with E-state index in [-0.39, 0.29) is 11.9 Å². The first-order valence-electron chi connectivity index (χ1n) is 6.79. The molecule has 2 atom stereocenters. The lowest BCUT2D eigenvalue weighted by atomic mass is 10.0. The van der Waals surface area contributed by atoms with Crippen LogP contribution in [0.3, 0.4) is 0 Å². The molecule has 1 aliphatic rings. The number of carbonyl (C=O) groups excluding carboxylic acids is 1. The van der Waals surface area contributed by atoms with Gasteiger partial charge in [0.05, 0.1) is 22.9 Å². The predicted octanol–water partition coefficient (Wildman–Crippen LogP) is 1.52. The molecule has 3 N–H and O–H groups in total. The van der Waals surface area contributed by atoms with Crippen molar-refractivity contribution in [2.75, 3.05) is 19.8 Å². The van der Waals surface area contributed by atoms with E-state index in [2.05, 4.69) is 17.2 Å². The van der Waals surface area contributed by atoms with E-state index in [0.29, 0.717) is 17.3 Å². The molecule has 0 aliphatic carbocycles. The van der Waals surface area contributed by atoms with Gasteiger partial charge in [-0.05, 0) is 31.9 Å². The Morgan fingerprint density at radius 3 is 3.15 bits per heavy atom. The Hall–Kier alpha value is -1.35. The van der Waals surface area contributed by atoms with Crippen LogP contribution in [0.15, 0.2) is 6.07 Å². The smallest absolute Gasteiger partial charge is 0.261 e. The molecule has 0 aromatic carbocycles. The number of carbonyl (C=O) groups is 1. The van der Waals surface area contributed by atoms with Gasteiger partial charge in [-0.25, -0.2) is 0 Å². The maximum absolute atomic E-state index is 12.2. The fourth-order valence-corrected chi connectivity index (χ4v) is 3.14. The minimum absolute atomic E-state index is 0.0294. The molecule has 2 heterocycles. The predicted molar refractivity (Wildman–Crippen MR) is 80.8 cm³/mol. The second-order valence-corrected chi connectivity index (χ2v) is 6.07. The van der Waals surface area contributed by atoms with E-state index in [9.17, 15) is 4.79 Å². The highest BCUT2D eigenvalue weighted by Crippen LogP contribution is 2.22. The minimum Gasteiger partial charge on any atom is -0.381 e. The van der Waals surface area contributed by atoms with Crippen LogP contribution >= 0.6 is 11.3 Å². The topological polar surface area (TPSA) is 64.3 Å². The van der Waals surface area contributed by atoms with E-state index in [1.54, 1.807) is 0 Å². The number of hydrogen-bond donors (Lipinski definition) is 2. The van der Waals surface area contributed by atoms with Crippen LogP contribution in [0.2, 0.25) is 0 Å². The fraction of sp³-hybridized carbons (Fsp3) is 0.533. The number of ether oxygens (including phenoxy) is 1. The maximum Gasteiger partial charge on any atom is 0.261 e. The van der Waals surface area contributed by atoms with Gasteiger partial charge in [0, 0.05) is 18.6 Å². The Labute approximate surface area is 123 Å². The molecular formula is C15H20N2O2S. The first-order valence-corrected chi connectivity index (χ1v) is 7.61. The molecule has 0 bridgehead atoms. The Kier molecular flexibility index (Phi) is 5.18. The molecule has 2 rings (SSSR count). The van der Waals surface area contributed by atoms with Crippen LogP contribution in [-0.4, -0.2) is 31.7 Å². The average Bonchev–Trinajstić information content (AvgIpc) is 3.06. The van der Waals surface area contributed by atoms with Gasteiger partial charge >= 0.3 is 0 Å². The van der Waals surface area contributed by atoms with Crippen molar-refractivity contribution in [3.63, 3.8) is 0 Å². The zero-order valence-electron chi connectivity index (χ0n) is 11.9. The van der Waals surface area contributed by atoms with Gasteiger partial charge in [0.15, 0.2) is 0 Å². The summed E-state index contributed by atoms with van der Waals surface area (Å²) in [5.74, 6) is 6.21. The number of rotatable bonds is 3. The van der Waals surface area contributed by atoms with Gasteiger partial charge in [0.1, 0.15) is 0 Å². The lowest BCUT2D eigenvalue weighted by Gasteiger charge is -2.18. The third-order valence-corrected chi connectivity index (χ3v) is 4.63. The van der Waals surface area contributed by atoms with E-state index in [4.69, 9.17) is 10.5 Å². The molecular weight excluding hydrogens is 272 g/mol. The van der Waals surface area contributed by atoms with Gasteiger partial charge in [0.25, 0.3) is 5.91 Å². The van der Waals surface area contributed by atoms with Crippen molar-refractivity contribution in [1.29, 1.82) is 0 Å². The van der Waals surface area contributed by atoms with Crippen LogP contribution in [0, 0.1) is 24.7 Å². The van der Waals surface area contributed by atoms with E-state index in [0.717, 1.165) is 30.1 Å². The molecule has 2 unspecified atom stereocenters. The molecule has 1 saturated heterocycles. The average molecular weight is 292 g/mol. The number of thiophene rings is 1. The molecule has 0 saturated carbocycles. The minimum atomic E-state index is -0.0294. The highest BCUT2D eigenvalue weighted by atomic mass is 32.1. The van der Waals surface area contributed by atoms with Gasteiger partial charge in [-0.2, -0.15) is 0 Å². The van der Waals surface area contributed by atoms with Gasteiger partial charge < -0.3 is 15.8 Å². The normalized spacial score (nSPS) is 19.2. The van der Waals surface area contributed by atoms with Crippen LogP contribution in [0.4, 0.5) is 0 Å². The van der Waals surface area contributed by atoms with Crippen LogP contribution < -0.4 is 11.1 Å². The second kappa shape index (κ2) is 6.89. The van der Waals surface area contributed by atoms with Crippen molar-refractivity contribution in [2.45, 2.75) is 26.3 Å². The summed E-state index contributed by atoms with van der Waals surface area (Å²) in [4.78, 5) is 13.9. The molecule has 108 valence electrons. The highest BCUT2D eigenvalue weighted by Gasteiger charge is 2.24. The van der Waals surface area contributed by atoms with Crippen molar-refractivity contribution < 1.29 is 9.53 Å². The summed E-state index contributed by atoms with van der Waals surface area (Å²) in [6.45, 7) is 5.85. The zero-order chi connectivity index (χ0) is 14.5. The third kappa shape index (κ3) is 3.60. The summed E-state index contributed by atoms with van der Waals surface area (Å²) < 4.78 is 5.35. The van der Waals surface area contributed by atoms with E-state index in [1.165, 1.54) is 11.3 Å². The van der Waals surface area contributed by atoms with Gasteiger partial charge in [-0.1, -0.05) is 11.8 Å². The van der Waals surface area contributed by atoms with Crippen LogP contribution in [-0.2, 0) is 4.74 Å². The van der Waals surface area contributed by atoms with Gasteiger partial charge in [-0.3, -0.25) is 4.79 Å². The first kappa shape index (κ1) is 15.0. The second-order valence-electron chi connectivity index (χ2n) is 5.01. The van der Waals surface area contributed by atoms with Crippen LogP contribution in [0.1, 0.15) is 33.5 Å². The summed E-state index contributed by atoms with van der Waals surface area (Å²) in [7, 11) is 0. The SMILES string of the molecule is Cc1cc(C(=O)NC(C)C2CCOC2)sc1C#CCN. The molecule has 1 aromatic rings. The van der Waals surface area contributed by atoms with Crippen molar-refractivity contribution in [3.8, 4) is 11.8 Å². The van der Waals surface area contributed by atoms with E-state index in [1.807, 2.05) is 19.9 Å². The maximum atomic E-state index is 12.2. The number of amides is 1. The number of nitrogens with two attached hydrogens (primary N) is 1. The van der Waals surface area contributed by atoms with Crippen molar-refractivity contribution in [3.05, 3.63) is 21.4 Å². The monoisotopic (exact) mass is 292 g/mol. The number of nitrogens with one attached hydrogen (secondary N) is 1. The molecule has 1 fully saturated rings. The Morgan fingerprint density at radius 1 is 1.70 bits per heavy atom. The van der Waals surface area contributed by atoms with Crippen LogP contribution in [0.25, 0.3) is 0 Å². The molecule has 0 spiro atoms. The first-order chi connectivity index (χ1) is 9.61. The van der Waals surface area contributed by atoms with Gasteiger partial charge in [-0.15, -0.1) is 11.3 Å². The van der Waals surface area contributed by atoms with Crippen molar-refractivity contribution in [1.82, 2.24) is 5.32 Å². The molecule has 0 radical (unpaired) electrons. The quantitative estimate of drug-likeness (QED) is 0.830. The molecule has 1 amide bonds. The molecule has 1 aromatic heterocycles. The molecule has 4 nitrogen and oxygen atoms in total. The van der Waals surface area contributed by atoms with E-state index >= 15 is 0 Å². The summed E-state index contributed by atoms with van der Waals surface area (Å²) in [6.07, 6.45) is 1.01. The molecule has 1 aliphatic heterocycles. The summed E-state index contributed by atoms with van der Waals surface area (Å²) in [5.41, 5.74) is 6.39. The lowest BCUT2D eigenvalue weighted by molar-refractivity contribution is 0.0926. The summed E-state index contributed by atoms with van der Waals surface area (Å²) >= 11 is 1.42. The van der Waals surface area contributed by atoms with E-state index < -0.39 is 0 Å².